The van der Waals surface area contributed by atoms with Gasteiger partial charge in [-0.05, 0) is 42.7 Å². The van der Waals surface area contributed by atoms with Crippen LogP contribution in [0, 0.1) is 0 Å². The molecule has 154 valence electrons. The van der Waals surface area contributed by atoms with Gasteiger partial charge >= 0.3 is 0 Å². The molecule has 2 aromatic carbocycles. The number of fused-ring (bicyclic) bond motifs is 4. The zero-order valence-electron chi connectivity index (χ0n) is 17.1. The second kappa shape index (κ2) is 7.27. The van der Waals surface area contributed by atoms with E-state index in [9.17, 15) is 9.59 Å². The lowest BCUT2D eigenvalue weighted by Gasteiger charge is -2.48. The van der Waals surface area contributed by atoms with Crippen molar-refractivity contribution in [3.05, 3.63) is 69.8 Å². The number of carbonyl (C=O) groups is 2. The fourth-order valence-corrected chi connectivity index (χ4v) is 5.14. The van der Waals surface area contributed by atoms with E-state index < -0.39 is 6.04 Å². The molecule has 6 heteroatoms. The van der Waals surface area contributed by atoms with Gasteiger partial charge in [-0.1, -0.05) is 53.2 Å². The number of H-pyrrole nitrogens is 1. The van der Waals surface area contributed by atoms with Crippen LogP contribution in [-0.4, -0.2) is 45.2 Å². The summed E-state index contributed by atoms with van der Waals surface area (Å²) in [5.74, 6) is 0.0686. The van der Waals surface area contributed by atoms with Crippen LogP contribution in [0.2, 0.25) is 0 Å². The number of nitrogens with zero attached hydrogens (tertiary/aromatic N) is 2. The van der Waals surface area contributed by atoms with E-state index in [0.717, 1.165) is 38.6 Å². The Balaban J connectivity index is 1.70. The summed E-state index contributed by atoms with van der Waals surface area (Å²) in [6.07, 6.45) is 1.38. The summed E-state index contributed by atoms with van der Waals surface area (Å²) in [7, 11) is 0. The fraction of sp³-hybridized carbons (Fsp3) is 0.333. The van der Waals surface area contributed by atoms with E-state index in [0.29, 0.717) is 6.42 Å². The molecule has 5 rings (SSSR count). The Hall–Kier alpha value is -2.60. The summed E-state index contributed by atoms with van der Waals surface area (Å²) in [4.78, 5) is 34.1. The molecule has 0 spiro atoms. The standard InChI is InChI=1S/C24H24BrN3O2/c1-3-14(2)27-13-21(29)28-20(24(27)30)12-18-17-6-4-5-7-19(17)26-22(18)23(28)15-8-10-16(25)11-9-15/h4-11,14,20,23,26H,3,12-13H2,1-2H3/t14-,20-,23-/m0/s1. The molecule has 3 atom stereocenters. The Morgan fingerprint density at radius 3 is 2.60 bits per heavy atom. The number of carbonyl (C=O) groups excluding carboxylic acids is 2. The molecule has 0 aliphatic carbocycles. The minimum absolute atomic E-state index is 0.0112. The van der Waals surface area contributed by atoms with Gasteiger partial charge in [0.1, 0.15) is 12.6 Å². The molecule has 0 unspecified atom stereocenters. The molecule has 3 heterocycles. The molecule has 2 amide bonds. The average Bonchev–Trinajstić information content (AvgIpc) is 3.13. The van der Waals surface area contributed by atoms with E-state index in [1.54, 1.807) is 4.90 Å². The van der Waals surface area contributed by atoms with Gasteiger partial charge in [0.05, 0.1) is 6.04 Å². The maximum Gasteiger partial charge on any atom is 0.246 e. The Bertz CT molecular complexity index is 1140. The van der Waals surface area contributed by atoms with Gasteiger partial charge in [-0.15, -0.1) is 0 Å². The van der Waals surface area contributed by atoms with E-state index in [2.05, 4.69) is 40.0 Å². The van der Waals surface area contributed by atoms with Crippen LogP contribution in [0.15, 0.2) is 53.0 Å². The van der Waals surface area contributed by atoms with E-state index in [4.69, 9.17) is 0 Å². The van der Waals surface area contributed by atoms with E-state index in [1.165, 1.54) is 0 Å². The number of hydrogen-bond acceptors (Lipinski definition) is 2. The third kappa shape index (κ3) is 2.88. The number of rotatable bonds is 3. The number of piperazine rings is 1. The topological polar surface area (TPSA) is 56.4 Å². The molecule has 30 heavy (non-hydrogen) atoms. The van der Waals surface area contributed by atoms with Crippen molar-refractivity contribution in [1.82, 2.24) is 14.8 Å². The molecule has 1 N–H and O–H groups in total. The maximum absolute atomic E-state index is 13.5. The molecule has 2 aliphatic rings. The van der Waals surface area contributed by atoms with Crippen molar-refractivity contribution in [2.75, 3.05) is 6.54 Å². The first-order valence-electron chi connectivity index (χ1n) is 10.5. The zero-order valence-corrected chi connectivity index (χ0v) is 18.6. The number of benzene rings is 2. The molecular formula is C24H24BrN3O2. The van der Waals surface area contributed by atoms with Crippen molar-refractivity contribution >= 4 is 38.6 Å². The van der Waals surface area contributed by atoms with Crippen LogP contribution in [0.5, 0.6) is 0 Å². The quantitative estimate of drug-likeness (QED) is 0.622. The summed E-state index contributed by atoms with van der Waals surface area (Å²) in [6.45, 7) is 4.22. The molecule has 0 bridgehead atoms. The van der Waals surface area contributed by atoms with Crippen molar-refractivity contribution < 1.29 is 9.59 Å². The number of aromatic nitrogens is 1. The molecule has 3 aromatic rings. The number of hydrogen-bond donors (Lipinski definition) is 1. The fourth-order valence-electron chi connectivity index (χ4n) is 4.87. The Kier molecular flexibility index (Phi) is 4.69. The van der Waals surface area contributed by atoms with E-state index in [1.807, 2.05) is 48.2 Å². The monoisotopic (exact) mass is 465 g/mol. The lowest BCUT2D eigenvalue weighted by Crippen LogP contribution is -2.64. The Morgan fingerprint density at radius 1 is 1.13 bits per heavy atom. The second-order valence-electron chi connectivity index (χ2n) is 8.26. The largest absolute Gasteiger partial charge is 0.356 e. The van der Waals surface area contributed by atoms with Gasteiger partial charge in [0.25, 0.3) is 0 Å². The number of amides is 2. The molecule has 0 saturated carbocycles. The van der Waals surface area contributed by atoms with Crippen LogP contribution < -0.4 is 0 Å². The molecule has 2 aliphatic heterocycles. The average molecular weight is 466 g/mol. The van der Waals surface area contributed by atoms with Gasteiger partial charge in [0.2, 0.25) is 11.8 Å². The van der Waals surface area contributed by atoms with Crippen molar-refractivity contribution in [1.29, 1.82) is 0 Å². The van der Waals surface area contributed by atoms with Crippen molar-refractivity contribution in [2.24, 2.45) is 0 Å². The van der Waals surface area contributed by atoms with Gasteiger partial charge in [-0.3, -0.25) is 9.59 Å². The summed E-state index contributed by atoms with van der Waals surface area (Å²) in [5, 5.41) is 1.13. The van der Waals surface area contributed by atoms with Crippen LogP contribution in [0.3, 0.4) is 0 Å². The molecule has 1 saturated heterocycles. The Morgan fingerprint density at radius 2 is 1.87 bits per heavy atom. The highest BCUT2D eigenvalue weighted by Gasteiger charge is 2.48. The van der Waals surface area contributed by atoms with Gasteiger partial charge in [-0.2, -0.15) is 0 Å². The number of para-hydroxylation sites is 1. The first kappa shape index (κ1) is 19.4. The summed E-state index contributed by atoms with van der Waals surface area (Å²) in [6, 6.07) is 15.5. The minimum atomic E-state index is -0.472. The highest BCUT2D eigenvalue weighted by Crippen LogP contribution is 2.42. The summed E-state index contributed by atoms with van der Waals surface area (Å²) >= 11 is 3.50. The van der Waals surface area contributed by atoms with Gasteiger partial charge in [0.15, 0.2) is 0 Å². The predicted octanol–water partition coefficient (Wildman–Crippen LogP) is 4.41. The van der Waals surface area contributed by atoms with Crippen LogP contribution in [0.4, 0.5) is 0 Å². The van der Waals surface area contributed by atoms with Crippen molar-refractivity contribution in [2.45, 2.75) is 44.8 Å². The van der Waals surface area contributed by atoms with Gasteiger partial charge in [-0.25, -0.2) is 0 Å². The molecular weight excluding hydrogens is 442 g/mol. The first-order valence-corrected chi connectivity index (χ1v) is 11.3. The van der Waals surface area contributed by atoms with Crippen molar-refractivity contribution in [3.8, 4) is 0 Å². The minimum Gasteiger partial charge on any atom is -0.356 e. The number of aromatic amines is 1. The normalized spacial score (nSPS) is 22.2. The third-order valence-corrected chi connectivity index (χ3v) is 7.13. The van der Waals surface area contributed by atoms with Crippen molar-refractivity contribution in [3.63, 3.8) is 0 Å². The highest BCUT2D eigenvalue weighted by atomic mass is 79.9. The maximum atomic E-state index is 13.5. The second-order valence-corrected chi connectivity index (χ2v) is 9.18. The van der Waals surface area contributed by atoms with E-state index in [-0.39, 0.29) is 30.4 Å². The first-order chi connectivity index (χ1) is 14.5. The molecule has 1 fully saturated rings. The SMILES string of the molecule is CC[C@H](C)N1CC(=O)N2[C@@H](c3ccc(Br)cc3)c3[nH]c4ccccc4c3C[C@H]2C1=O. The summed E-state index contributed by atoms with van der Waals surface area (Å²) < 4.78 is 0.986. The van der Waals surface area contributed by atoms with Gasteiger partial charge < -0.3 is 14.8 Å². The molecule has 5 nitrogen and oxygen atoms in total. The zero-order chi connectivity index (χ0) is 21.0. The number of nitrogens with one attached hydrogen (secondary N) is 1. The Labute approximate surface area is 184 Å². The third-order valence-electron chi connectivity index (χ3n) is 6.60. The van der Waals surface area contributed by atoms with Crippen LogP contribution in [0.1, 0.15) is 43.1 Å². The van der Waals surface area contributed by atoms with Crippen LogP contribution in [-0.2, 0) is 16.0 Å². The smallest absolute Gasteiger partial charge is 0.246 e. The van der Waals surface area contributed by atoms with Crippen LogP contribution in [0.25, 0.3) is 10.9 Å². The lowest BCUT2D eigenvalue weighted by atomic mass is 9.86. The molecule has 0 radical (unpaired) electrons. The summed E-state index contributed by atoms with van der Waals surface area (Å²) in [5.41, 5.74) is 4.22. The molecule has 1 aromatic heterocycles. The number of halogens is 1. The van der Waals surface area contributed by atoms with Gasteiger partial charge in [0, 0.05) is 33.5 Å². The lowest BCUT2D eigenvalue weighted by molar-refractivity contribution is -0.160. The highest BCUT2D eigenvalue weighted by molar-refractivity contribution is 9.10. The van der Waals surface area contributed by atoms with Crippen LogP contribution >= 0.6 is 15.9 Å². The van der Waals surface area contributed by atoms with E-state index >= 15 is 0 Å². The predicted molar refractivity (Wildman–Crippen MR) is 120 cm³/mol.